The molecule has 0 aliphatic rings. The lowest BCUT2D eigenvalue weighted by Gasteiger charge is -2.14. The molecule has 0 amide bonds. The summed E-state index contributed by atoms with van der Waals surface area (Å²) < 4.78 is 0. The standard InChI is InChI=1S/C20H14S2/c21-18-12-14-7-2-4-10-16(14)19(20(18)22)17-11-5-8-13-6-1-3-9-15(13)17/h1-12,21-22H. The largest absolute Gasteiger partial charge is 0.142 e. The van der Waals surface area contributed by atoms with Gasteiger partial charge in [0.15, 0.2) is 0 Å². The summed E-state index contributed by atoms with van der Waals surface area (Å²) in [5.41, 5.74) is 2.36. The molecule has 0 aliphatic heterocycles. The summed E-state index contributed by atoms with van der Waals surface area (Å²) in [4.78, 5) is 1.84. The SMILES string of the molecule is Sc1cc2ccccc2c(-c2cccc3ccccc23)c1S. The fourth-order valence-electron chi connectivity index (χ4n) is 3.04. The van der Waals surface area contributed by atoms with E-state index in [1.165, 1.54) is 27.1 Å². The summed E-state index contributed by atoms with van der Waals surface area (Å²) in [5.74, 6) is 0. The molecule has 2 heteroatoms. The molecule has 0 bridgehead atoms. The number of benzene rings is 4. The van der Waals surface area contributed by atoms with Crippen LogP contribution in [0.2, 0.25) is 0 Å². The van der Waals surface area contributed by atoms with Crippen molar-refractivity contribution in [3.8, 4) is 11.1 Å². The smallest absolute Gasteiger partial charge is 0.0259 e. The Bertz CT molecular complexity index is 998. The topological polar surface area (TPSA) is 0 Å². The average molecular weight is 318 g/mol. The van der Waals surface area contributed by atoms with Crippen LogP contribution in [0.25, 0.3) is 32.7 Å². The highest BCUT2D eigenvalue weighted by Crippen LogP contribution is 2.40. The van der Waals surface area contributed by atoms with Crippen molar-refractivity contribution in [3.63, 3.8) is 0 Å². The van der Waals surface area contributed by atoms with Crippen LogP contribution in [0.3, 0.4) is 0 Å². The molecule has 4 aromatic rings. The van der Waals surface area contributed by atoms with E-state index in [4.69, 9.17) is 12.6 Å². The molecule has 0 N–H and O–H groups in total. The highest BCUT2D eigenvalue weighted by Gasteiger charge is 2.13. The van der Waals surface area contributed by atoms with Gasteiger partial charge in [0.1, 0.15) is 0 Å². The van der Waals surface area contributed by atoms with Gasteiger partial charge in [0.2, 0.25) is 0 Å². The molecular weight excluding hydrogens is 304 g/mol. The van der Waals surface area contributed by atoms with E-state index in [1.54, 1.807) is 0 Å². The van der Waals surface area contributed by atoms with Crippen molar-refractivity contribution in [1.29, 1.82) is 0 Å². The van der Waals surface area contributed by atoms with Crippen LogP contribution in [0.15, 0.2) is 82.6 Å². The second kappa shape index (κ2) is 5.38. The molecule has 0 spiro atoms. The molecule has 4 rings (SSSR count). The number of hydrogen-bond acceptors (Lipinski definition) is 2. The van der Waals surface area contributed by atoms with E-state index in [0.717, 1.165) is 15.4 Å². The Morgan fingerprint density at radius 2 is 1.23 bits per heavy atom. The molecule has 106 valence electrons. The maximum atomic E-state index is 4.75. The molecule has 22 heavy (non-hydrogen) atoms. The maximum absolute atomic E-state index is 4.75. The van der Waals surface area contributed by atoms with Crippen molar-refractivity contribution in [3.05, 3.63) is 72.8 Å². The summed E-state index contributed by atoms with van der Waals surface area (Å²) in [6.45, 7) is 0. The van der Waals surface area contributed by atoms with E-state index in [2.05, 4.69) is 85.4 Å². The summed E-state index contributed by atoms with van der Waals surface area (Å²) in [6, 6.07) is 25.3. The molecule has 0 aliphatic carbocycles. The Balaban J connectivity index is 2.19. The first-order valence-electron chi connectivity index (χ1n) is 7.17. The number of fused-ring (bicyclic) bond motifs is 2. The Morgan fingerprint density at radius 1 is 0.591 bits per heavy atom. The minimum atomic E-state index is 0.907. The molecule has 0 unspecified atom stereocenters. The van der Waals surface area contributed by atoms with E-state index < -0.39 is 0 Å². The van der Waals surface area contributed by atoms with E-state index >= 15 is 0 Å². The fourth-order valence-corrected chi connectivity index (χ4v) is 3.59. The van der Waals surface area contributed by atoms with Gasteiger partial charge in [-0.05, 0) is 33.2 Å². The van der Waals surface area contributed by atoms with Gasteiger partial charge in [-0.3, -0.25) is 0 Å². The zero-order chi connectivity index (χ0) is 15.1. The van der Waals surface area contributed by atoms with Crippen LogP contribution in [0, 0.1) is 0 Å². The lowest BCUT2D eigenvalue weighted by molar-refractivity contribution is 1.30. The summed E-state index contributed by atoms with van der Waals surface area (Å²) in [6.07, 6.45) is 0. The van der Waals surface area contributed by atoms with E-state index in [-0.39, 0.29) is 0 Å². The van der Waals surface area contributed by atoms with Gasteiger partial charge in [0.25, 0.3) is 0 Å². The van der Waals surface area contributed by atoms with Crippen LogP contribution in [0.5, 0.6) is 0 Å². The minimum absolute atomic E-state index is 0.907. The number of thiol groups is 2. The molecule has 0 saturated carbocycles. The first kappa shape index (κ1) is 13.7. The van der Waals surface area contributed by atoms with E-state index in [1.807, 2.05) is 0 Å². The van der Waals surface area contributed by atoms with Crippen LogP contribution >= 0.6 is 25.3 Å². The molecule has 0 heterocycles. The lowest BCUT2D eigenvalue weighted by Crippen LogP contribution is -1.88. The molecule has 0 atom stereocenters. The van der Waals surface area contributed by atoms with E-state index in [0.29, 0.717) is 0 Å². The zero-order valence-corrected chi connectivity index (χ0v) is 13.6. The third-order valence-corrected chi connectivity index (χ3v) is 5.05. The lowest BCUT2D eigenvalue weighted by atomic mass is 9.94. The Hall–Kier alpha value is -1.90. The molecule has 0 saturated heterocycles. The first-order chi connectivity index (χ1) is 10.8. The van der Waals surface area contributed by atoms with Crippen molar-refractivity contribution in [1.82, 2.24) is 0 Å². The molecular formula is C20H14S2. The Labute approximate surface area is 140 Å². The van der Waals surface area contributed by atoms with Crippen molar-refractivity contribution < 1.29 is 0 Å². The third-order valence-electron chi connectivity index (χ3n) is 4.06. The van der Waals surface area contributed by atoms with Gasteiger partial charge in [0.05, 0.1) is 0 Å². The first-order valence-corrected chi connectivity index (χ1v) is 8.07. The van der Waals surface area contributed by atoms with Gasteiger partial charge >= 0.3 is 0 Å². The normalized spacial score (nSPS) is 11.2. The highest BCUT2D eigenvalue weighted by atomic mass is 32.1. The zero-order valence-electron chi connectivity index (χ0n) is 11.8. The van der Waals surface area contributed by atoms with Gasteiger partial charge in [-0.25, -0.2) is 0 Å². The molecule has 0 aromatic heterocycles. The van der Waals surface area contributed by atoms with Gasteiger partial charge in [0, 0.05) is 15.4 Å². The monoisotopic (exact) mass is 318 g/mol. The molecule has 0 fully saturated rings. The van der Waals surface area contributed by atoms with E-state index in [9.17, 15) is 0 Å². The minimum Gasteiger partial charge on any atom is -0.142 e. The summed E-state index contributed by atoms with van der Waals surface area (Å²) in [5, 5.41) is 4.88. The molecule has 0 radical (unpaired) electrons. The van der Waals surface area contributed by atoms with Crippen molar-refractivity contribution in [2.24, 2.45) is 0 Å². The van der Waals surface area contributed by atoms with Crippen LogP contribution in [-0.2, 0) is 0 Å². The van der Waals surface area contributed by atoms with Crippen LogP contribution < -0.4 is 0 Å². The Kier molecular flexibility index (Phi) is 3.36. The quantitative estimate of drug-likeness (QED) is 0.381. The predicted molar refractivity (Wildman–Crippen MR) is 101 cm³/mol. The van der Waals surface area contributed by atoms with Crippen molar-refractivity contribution in [2.75, 3.05) is 0 Å². The fraction of sp³-hybridized carbons (Fsp3) is 0. The van der Waals surface area contributed by atoms with Crippen LogP contribution in [0.1, 0.15) is 0 Å². The molecule has 4 aromatic carbocycles. The second-order valence-electron chi connectivity index (χ2n) is 5.37. The number of rotatable bonds is 1. The van der Waals surface area contributed by atoms with Gasteiger partial charge in [-0.2, -0.15) is 0 Å². The molecule has 0 nitrogen and oxygen atoms in total. The maximum Gasteiger partial charge on any atom is 0.0259 e. The van der Waals surface area contributed by atoms with Crippen molar-refractivity contribution >= 4 is 46.8 Å². The highest BCUT2D eigenvalue weighted by molar-refractivity contribution is 7.83. The predicted octanol–water partition coefficient (Wildman–Crippen LogP) is 6.24. The number of hydrogen-bond donors (Lipinski definition) is 2. The summed E-state index contributed by atoms with van der Waals surface area (Å²) >= 11 is 9.36. The Morgan fingerprint density at radius 3 is 2.05 bits per heavy atom. The van der Waals surface area contributed by atoms with Crippen molar-refractivity contribution in [2.45, 2.75) is 9.79 Å². The summed E-state index contributed by atoms with van der Waals surface area (Å²) in [7, 11) is 0. The van der Waals surface area contributed by atoms with Gasteiger partial charge in [-0.15, -0.1) is 25.3 Å². The average Bonchev–Trinajstić information content (AvgIpc) is 2.56. The third kappa shape index (κ3) is 2.11. The van der Waals surface area contributed by atoms with Gasteiger partial charge in [-0.1, -0.05) is 66.7 Å². The second-order valence-corrected chi connectivity index (χ2v) is 6.30. The van der Waals surface area contributed by atoms with Crippen LogP contribution in [0.4, 0.5) is 0 Å². The van der Waals surface area contributed by atoms with Crippen LogP contribution in [-0.4, -0.2) is 0 Å². The van der Waals surface area contributed by atoms with Gasteiger partial charge < -0.3 is 0 Å².